The van der Waals surface area contributed by atoms with E-state index in [1.54, 1.807) is 12.5 Å². The van der Waals surface area contributed by atoms with E-state index in [2.05, 4.69) is 15.6 Å². The van der Waals surface area contributed by atoms with Crippen LogP contribution in [0.25, 0.3) is 0 Å². The minimum Gasteiger partial charge on any atom is -0.336 e. The Hall–Kier alpha value is -2.14. The molecule has 0 spiro atoms. The van der Waals surface area contributed by atoms with E-state index in [4.69, 9.17) is 0 Å². The number of aromatic nitrogens is 2. The zero-order valence-electron chi connectivity index (χ0n) is 11.8. The summed E-state index contributed by atoms with van der Waals surface area (Å²) in [7, 11) is 0. The Balaban J connectivity index is 1.73. The molecule has 2 aromatic rings. The van der Waals surface area contributed by atoms with Crippen molar-refractivity contribution in [1.29, 1.82) is 0 Å². The van der Waals surface area contributed by atoms with Gasteiger partial charge in [0.25, 0.3) is 0 Å². The molecule has 1 heterocycles. The fourth-order valence-electron chi connectivity index (χ4n) is 1.88. The molecule has 1 amide bonds. The van der Waals surface area contributed by atoms with Gasteiger partial charge in [-0.25, -0.2) is 4.98 Å². The number of anilines is 1. The standard InChI is InChI=1S/C15H20N4O/c1-12-3-5-14(6-4-12)18-15(20)9-17-13(2)10-19-8-7-16-11-19/h3-8,11,13,17H,9-10H2,1-2H3,(H,18,20). The number of imidazole rings is 1. The highest BCUT2D eigenvalue weighted by Crippen LogP contribution is 2.07. The number of carbonyl (C=O) groups is 1. The monoisotopic (exact) mass is 272 g/mol. The second-order valence-corrected chi connectivity index (χ2v) is 4.96. The number of nitrogens with one attached hydrogen (secondary N) is 2. The van der Waals surface area contributed by atoms with Gasteiger partial charge in [0, 0.05) is 30.7 Å². The maximum Gasteiger partial charge on any atom is 0.238 e. The average Bonchev–Trinajstić information content (AvgIpc) is 2.92. The second kappa shape index (κ2) is 6.86. The first-order valence-corrected chi connectivity index (χ1v) is 6.69. The van der Waals surface area contributed by atoms with Gasteiger partial charge >= 0.3 is 0 Å². The predicted molar refractivity (Wildman–Crippen MR) is 79.5 cm³/mol. The lowest BCUT2D eigenvalue weighted by Gasteiger charge is -2.14. The lowest BCUT2D eigenvalue weighted by atomic mass is 10.2. The van der Waals surface area contributed by atoms with Gasteiger partial charge in [0.2, 0.25) is 5.91 Å². The average molecular weight is 272 g/mol. The van der Waals surface area contributed by atoms with E-state index in [0.717, 1.165) is 12.2 Å². The van der Waals surface area contributed by atoms with Crippen molar-refractivity contribution >= 4 is 11.6 Å². The van der Waals surface area contributed by atoms with Gasteiger partial charge in [-0.05, 0) is 26.0 Å². The van der Waals surface area contributed by atoms with Crippen molar-refractivity contribution in [2.75, 3.05) is 11.9 Å². The molecule has 1 aromatic carbocycles. The maximum absolute atomic E-state index is 11.8. The summed E-state index contributed by atoms with van der Waals surface area (Å²) in [6.07, 6.45) is 5.42. The molecule has 5 nitrogen and oxygen atoms in total. The van der Waals surface area contributed by atoms with Gasteiger partial charge in [0.1, 0.15) is 0 Å². The SMILES string of the molecule is Cc1ccc(NC(=O)CNC(C)Cn2ccnc2)cc1. The summed E-state index contributed by atoms with van der Waals surface area (Å²) in [5.74, 6) is -0.0358. The van der Waals surface area contributed by atoms with Crippen LogP contribution in [0.15, 0.2) is 43.0 Å². The highest BCUT2D eigenvalue weighted by atomic mass is 16.1. The van der Waals surface area contributed by atoms with E-state index in [1.807, 2.05) is 48.9 Å². The lowest BCUT2D eigenvalue weighted by Crippen LogP contribution is -2.36. The van der Waals surface area contributed by atoms with Crippen LogP contribution < -0.4 is 10.6 Å². The highest BCUT2D eigenvalue weighted by Gasteiger charge is 2.06. The molecule has 0 aliphatic heterocycles. The molecular weight excluding hydrogens is 252 g/mol. The van der Waals surface area contributed by atoms with E-state index in [9.17, 15) is 4.79 Å². The van der Waals surface area contributed by atoms with Crippen molar-refractivity contribution in [1.82, 2.24) is 14.9 Å². The molecule has 2 N–H and O–H groups in total. The number of aryl methyl sites for hydroxylation is 1. The molecule has 0 saturated carbocycles. The van der Waals surface area contributed by atoms with E-state index in [0.29, 0.717) is 6.54 Å². The minimum absolute atomic E-state index is 0.0358. The van der Waals surface area contributed by atoms with Gasteiger partial charge in [-0.2, -0.15) is 0 Å². The largest absolute Gasteiger partial charge is 0.336 e. The smallest absolute Gasteiger partial charge is 0.238 e. The Morgan fingerprint density at radius 3 is 2.75 bits per heavy atom. The van der Waals surface area contributed by atoms with Crippen LogP contribution in [0.1, 0.15) is 12.5 Å². The molecule has 0 aliphatic rings. The van der Waals surface area contributed by atoms with Crippen LogP contribution in [0.5, 0.6) is 0 Å². The Morgan fingerprint density at radius 2 is 2.10 bits per heavy atom. The molecule has 0 radical (unpaired) electrons. The number of carbonyl (C=O) groups excluding carboxylic acids is 1. The molecule has 0 saturated heterocycles. The summed E-state index contributed by atoms with van der Waals surface area (Å²) in [5.41, 5.74) is 2.00. The Kier molecular flexibility index (Phi) is 4.90. The minimum atomic E-state index is -0.0358. The molecule has 1 unspecified atom stereocenters. The van der Waals surface area contributed by atoms with E-state index < -0.39 is 0 Å². The van der Waals surface area contributed by atoms with E-state index in [-0.39, 0.29) is 11.9 Å². The number of benzene rings is 1. The number of hydrogen-bond acceptors (Lipinski definition) is 3. The van der Waals surface area contributed by atoms with Gasteiger partial charge in [0.05, 0.1) is 12.9 Å². The van der Waals surface area contributed by atoms with Crippen molar-refractivity contribution in [3.8, 4) is 0 Å². The summed E-state index contributed by atoms with van der Waals surface area (Å²) >= 11 is 0. The third-order valence-corrected chi connectivity index (χ3v) is 2.99. The zero-order chi connectivity index (χ0) is 14.4. The van der Waals surface area contributed by atoms with Gasteiger partial charge in [-0.15, -0.1) is 0 Å². The second-order valence-electron chi connectivity index (χ2n) is 4.96. The highest BCUT2D eigenvalue weighted by molar-refractivity contribution is 5.92. The van der Waals surface area contributed by atoms with E-state index >= 15 is 0 Å². The van der Waals surface area contributed by atoms with Crippen LogP contribution >= 0.6 is 0 Å². The molecular formula is C15H20N4O. The molecule has 0 aliphatic carbocycles. The number of rotatable bonds is 6. The molecule has 5 heteroatoms. The maximum atomic E-state index is 11.8. The van der Waals surface area contributed by atoms with Gasteiger partial charge in [-0.3, -0.25) is 4.79 Å². The van der Waals surface area contributed by atoms with Gasteiger partial charge in [0.15, 0.2) is 0 Å². The van der Waals surface area contributed by atoms with Crippen molar-refractivity contribution in [3.63, 3.8) is 0 Å². The molecule has 1 aromatic heterocycles. The topological polar surface area (TPSA) is 59.0 Å². The van der Waals surface area contributed by atoms with Crippen molar-refractivity contribution in [2.24, 2.45) is 0 Å². The Morgan fingerprint density at radius 1 is 1.35 bits per heavy atom. The molecule has 0 fully saturated rings. The first-order chi connectivity index (χ1) is 9.63. The van der Waals surface area contributed by atoms with Crippen LogP contribution in [0, 0.1) is 6.92 Å². The van der Waals surface area contributed by atoms with Gasteiger partial charge in [-0.1, -0.05) is 17.7 Å². The number of hydrogen-bond donors (Lipinski definition) is 2. The fraction of sp³-hybridized carbons (Fsp3) is 0.333. The van der Waals surface area contributed by atoms with Crippen LogP contribution in [0.2, 0.25) is 0 Å². The number of amides is 1. The molecule has 0 bridgehead atoms. The third kappa shape index (κ3) is 4.51. The predicted octanol–water partition coefficient (Wildman–Crippen LogP) is 1.81. The quantitative estimate of drug-likeness (QED) is 0.843. The molecule has 1 atom stereocenters. The van der Waals surface area contributed by atoms with Crippen molar-refractivity contribution in [3.05, 3.63) is 48.5 Å². The van der Waals surface area contributed by atoms with Crippen LogP contribution in [0.3, 0.4) is 0 Å². The van der Waals surface area contributed by atoms with Crippen LogP contribution in [0.4, 0.5) is 5.69 Å². The van der Waals surface area contributed by atoms with Crippen molar-refractivity contribution < 1.29 is 4.79 Å². The number of nitrogens with zero attached hydrogens (tertiary/aromatic N) is 2. The zero-order valence-corrected chi connectivity index (χ0v) is 11.8. The summed E-state index contributed by atoms with van der Waals surface area (Å²) in [6, 6.07) is 7.97. The molecule has 106 valence electrons. The fourth-order valence-corrected chi connectivity index (χ4v) is 1.88. The van der Waals surface area contributed by atoms with Crippen molar-refractivity contribution in [2.45, 2.75) is 26.4 Å². The molecule has 20 heavy (non-hydrogen) atoms. The third-order valence-electron chi connectivity index (χ3n) is 2.99. The van der Waals surface area contributed by atoms with Crippen LogP contribution in [-0.2, 0) is 11.3 Å². The lowest BCUT2D eigenvalue weighted by molar-refractivity contribution is -0.115. The Bertz CT molecular complexity index is 534. The first kappa shape index (κ1) is 14.3. The van der Waals surface area contributed by atoms with E-state index in [1.165, 1.54) is 5.56 Å². The summed E-state index contributed by atoms with van der Waals surface area (Å²) in [6.45, 7) is 5.14. The first-order valence-electron chi connectivity index (χ1n) is 6.69. The Labute approximate surface area is 119 Å². The van der Waals surface area contributed by atoms with Gasteiger partial charge < -0.3 is 15.2 Å². The summed E-state index contributed by atoms with van der Waals surface area (Å²) in [4.78, 5) is 15.8. The summed E-state index contributed by atoms with van der Waals surface area (Å²) in [5, 5.41) is 6.05. The van der Waals surface area contributed by atoms with Crippen LogP contribution in [-0.4, -0.2) is 28.0 Å². The normalized spacial score (nSPS) is 12.1. The molecule has 2 rings (SSSR count). The summed E-state index contributed by atoms with van der Waals surface area (Å²) < 4.78 is 1.98.